The third-order valence-electron chi connectivity index (χ3n) is 4.26. The minimum Gasteiger partial charge on any atom is -0.468 e. The van der Waals surface area contributed by atoms with Gasteiger partial charge in [0.05, 0.1) is 12.8 Å². The Bertz CT molecular complexity index is 346. The largest absolute Gasteiger partial charge is 0.468 e. The molecule has 94 valence electrons. The molecule has 2 aliphatic rings. The van der Waals surface area contributed by atoms with E-state index in [4.69, 9.17) is 4.42 Å². The Morgan fingerprint density at radius 3 is 2.76 bits per heavy atom. The van der Waals surface area contributed by atoms with Gasteiger partial charge in [0.2, 0.25) is 0 Å². The van der Waals surface area contributed by atoms with Gasteiger partial charge in [-0.15, -0.1) is 0 Å². The second-order valence-corrected chi connectivity index (χ2v) is 5.81. The highest BCUT2D eigenvalue weighted by Gasteiger charge is 2.43. The highest BCUT2D eigenvalue weighted by atomic mass is 16.3. The van der Waals surface area contributed by atoms with Crippen molar-refractivity contribution in [2.75, 3.05) is 27.2 Å². The SMILES string of the molecule is CN(C)[C@H]1CN(Cc2ccco2)C[C@@H]1C1CC1. The molecule has 1 saturated heterocycles. The summed E-state index contributed by atoms with van der Waals surface area (Å²) in [6.45, 7) is 3.41. The van der Waals surface area contributed by atoms with Crippen molar-refractivity contribution in [2.24, 2.45) is 11.8 Å². The summed E-state index contributed by atoms with van der Waals surface area (Å²) in [5.74, 6) is 2.96. The quantitative estimate of drug-likeness (QED) is 0.795. The Balaban J connectivity index is 1.64. The lowest BCUT2D eigenvalue weighted by atomic mass is 9.97. The van der Waals surface area contributed by atoms with Crippen LogP contribution < -0.4 is 0 Å². The molecule has 2 heterocycles. The number of likely N-dealkylation sites (tertiary alicyclic amines) is 1. The van der Waals surface area contributed by atoms with Crippen molar-refractivity contribution in [2.45, 2.75) is 25.4 Å². The fraction of sp³-hybridized carbons (Fsp3) is 0.714. The van der Waals surface area contributed by atoms with Crippen LogP contribution in [0.15, 0.2) is 22.8 Å². The van der Waals surface area contributed by atoms with Crippen molar-refractivity contribution in [3.63, 3.8) is 0 Å². The molecule has 0 amide bonds. The van der Waals surface area contributed by atoms with Crippen LogP contribution in [0.25, 0.3) is 0 Å². The van der Waals surface area contributed by atoms with Crippen LogP contribution in [0.4, 0.5) is 0 Å². The molecule has 1 aliphatic heterocycles. The molecule has 17 heavy (non-hydrogen) atoms. The summed E-state index contributed by atoms with van der Waals surface area (Å²) >= 11 is 0. The van der Waals surface area contributed by atoms with E-state index in [-0.39, 0.29) is 0 Å². The minimum atomic E-state index is 0.734. The molecule has 0 bridgehead atoms. The number of hydrogen-bond donors (Lipinski definition) is 0. The van der Waals surface area contributed by atoms with E-state index in [1.165, 1.54) is 25.9 Å². The zero-order chi connectivity index (χ0) is 11.8. The predicted molar refractivity (Wildman–Crippen MR) is 67.7 cm³/mol. The van der Waals surface area contributed by atoms with Crippen molar-refractivity contribution in [1.82, 2.24) is 9.80 Å². The zero-order valence-corrected chi connectivity index (χ0v) is 10.8. The maximum absolute atomic E-state index is 5.45. The maximum Gasteiger partial charge on any atom is 0.117 e. The van der Waals surface area contributed by atoms with Crippen LogP contribution in [0.2, 0.25) is 0 Å². The van der Waals surface area contributed by atoms with Crippen molar-refractivity contribution in [1.29, 1.82) is 0 Å². The summed E-state index contributed by atoms with van der Waals surface area (Å²) in [6, 6.07) is 4.79. The summed E-state index contributed by atoms with van der Waals surface area (Å²) in [5.41, 5.74) is 0. The molecule has 1 aliphatic carbocycles. The van der Waals surface area contributed by atoms with Gasteiger partial charge in [0.25, 0.3) is 0 Å². The Labute approximate surface area is 103 Å². The number of furan rings is 1. The second-order valence-electron chi connectivity index (χ2n) is 5.81. The molecule has 1 saturated carbocycles. The highest BCUT2D eigenvalue weighted by Crippen LogP contribution is 2.42. The summed E-state index contributed by atoms with van der Waals surface area (Å²) in [6.07, 6.45) is 4.67. The zero-order valence-electron chi connectivity index (χ0n) is 10.8. The molecule has 3 rings (SSSR count). The standard InChI is InChI=1S/C14H22N2O/c1-15(2)14-10-16(8-12-4-3-7-17-12)9-13(14)11-5-6-11/h3-4,7,11,13-14H,5-6,8-10H2,1-2H3/t13-,14+/m1/s1. The van der Waals surface area contributed by atoms with E-state index in [1.54, 1.807) is 6.26 Å². The molecule has 0 spiro atoms. The monoisotopic (exact) mass is 234 g/mol. The third kappa shape index (κ3) is 2.40. The van der Waals surface area contributed by atoms with Gasteiger partial charge < -0.3 is 9.32 Å². The molecule has 3 heteroatoms. The van der Waals surface area contributed by atoms with Crippen LogP contribution in [-0.2, 0) is 6.54 Å². The first-order chi connectivity index (χ1) is 8.24. The first-order valence-corrected chi connectivity index (χ1v) is 6.65. The van der Waals surface area contributed by atoms with Crippen molar-refractivity contribution in [3.8, 4) is 0 Å². The molecule has 1 aromatic heterocycles. The Hall–Kier alpha value is -0.800. The van der Waals surface area contributed by atoms with Gasteiger partial charge in [0.1, 0.15) is 5.76 Å². The minimum absolute atomic E-state index is 0.734. The predicted octanol–water partition coefficient (Wildman–Crippen LogP) is 2.05. The van der Waals surface area contributed by atoms with E-state index in [0.717, 1.165) is 30.2 Å². The van der Waals surface area contributed by atoms with Gasteiger partial charge in [-0.3, -0.25) is 4.90 Å². The van der Waals surface area contributed by atoms with Gasteiger partial charge >= 0.3 is 0 Å². The fourth-order valence-corrected chi connectivity index (χ4v) is 3.18. The molecule has 0 unspecified atom stereocenters. The summed E-state index contributed by atoms with van der Waals surface area (Å²) in [4.78, 5) is 4.96. The number of hydrogen-bond acceptors (Lipinski definition) is 3. The van der Waals surface area contributed by atoms with Crippen LogP contribution in [0, 0.1) is 11.8 Å². The van der Waals surface area contributed by atoms with E-state index in [0.29, 0.717) is 0 Å². The molecule has 0 aromatic carbocycles. The van der Waals surface area contributed by atoms with E-state index in [1.807, 2.05) is 6.07 Å². The van der Waals surface area contributed by atoms with Crippen LogP contribution in [0.1, 0.15) is 18.6 Å². The second kappa shape index (κ2) is 4.46. The lowest BCUT2D eigenvalue weighted by molar-refractivity contribution is 0.231. The van der Waals surface area contributed by atoms with E-state index >= 15 is 0 Å². The highest BCUT2D eigenvalue weighted by molar-refractivity contribution is 5.02. The Kier molecular flexibility index (Phi) is 2.97. The Morgan fingerprint density at radius 1 is 1.35 bits per heavy atom. The van der Waals surface area contributed by atoms with Gasteiger partial charge in [-0.25, -0.2) is 0 Å². The Morgan fingerprint density at radius 2 is 2.18 bits per heavy atom. The summed E-state index contributed by atoms with van der Waals surface area (Å²) in [7, 11) is 4.44. The molecular weight excluding hydrogens is 212 g/mol. The molecule has 2 fully saturated rings. The molecular formula is C14H22N2O. The maximum atomic E-state index is 5.45. The first-order valence-electron chi connectivity index (χ1n) is 6.65. The molecule has 2 atom stereocenters. The average molecular weight is 234 g/mol. The lowest BCUT2D eigenvalue weighted by Crippen LogP contribution is -2.36. The van der Waals surface area contributed by atoms with Crippen molar-refractivity contribution in [3.05, 3.63) is 24.2 Å². The van der Waals surface area contributed by atoms with Crippen molar-refractivity contribution >= 4 is 0 Å². The van der Waals surface area contributed by atoms with Crippen LogP contribution in [-0.4, -0.2) is 43.0 Å². The summed E-state index contributed by atoms with van der Waals surface area (Å²) < 4.78 is 5.45. The van der Waals surface area contributed by atoms with Gasteiger partial charge in [-0.1, -0.05) is 0 Å². The number of likely N-dealkylation sites (N-methyl/N-ethyl adjacent to an activating group) is 1. The van der Waals surface area contributed by atoms with Gasteiger partial charge in [0.15, 0.2) is 0 Å². The summed E-state index contributed by atoms with van der Waals surface area (Å²) in [5, 5.41) is 0. The smallest absolute Gasteiger partial charge is 0.117 e. The third-order valence-corrected chi connectivity index (χ3v) is 4.26. The van der Waals surface area contributed by atoms with Crippen LogP contribution in [0.3, 0.4) is 0 Å². The number of nitrogens with zero attached hydrogens (tertiary/aromatic N) is 2. The van der Waals surface area contributed by atoms with Gasteiger partial charge in [0, 0.05) is 19.1 Å². The number of rotatable bonds is 4. The van der Waals surface area contributed by atoms with Gasteiger partial charge in [-0.05, 0) is 50.9 Å². The lowest BCUT2D eigenvalue weighted by Gasteiger charge is -2.24. The van der Waals surface area contributed by atoms with Crippen LogP contribution in [0.5, 0.6) is 0 Å². The van der Waals surface area contributed by atoms with E-state index < -0.39 is 0 Å². The average Bonchev–Trinajstić information content (AvgIpc) is 2.86. The molecule has 1 aromatic rings. The van der Waals surface area contributed by atoms with E-state index in [2.05, 4.69) is 30.0 Å². The molecule has 0 radical (unpaired) electrons. The van der Waals surface area contributed by atoms with Gasteiger partial charge in [-0.2, -0.15) is 0 Å². The fourth-order valence-electron chi connectivity index (χ4n) is 3.18. The van der Waals surface area contributed by atoms with E-state index in [9.17, 15) is 0 Å². The first kappa shape index (κ1) is 11.3. The molecule has 3 nitrogen and oxygen atoms in total. The van der Waals surface area contributed by atoms with Crippen LogP contribution >= 0.6 is 0 Å². The van der Waals surface area contributed by atoms with Crippen molar-refractivity contribution < 1.29 is 4.42 Å². The normalized spacial score (nSPS) is 30.3. The molecule has 0 N–H and O–H groups in total. The topological polar surface area (TPSA) is 19.6 Å².